The lowest BCUT2D eigenvalue weighted by Crippen LogP contribution is -2.49. The fourth-order valence-electron chi connectivity index (χ4n) is 5.39. The number of fused-ring (bicyclic) bond motifs is 1. The molecule has 2 saturated heterocycles. The number of carbonyl (C=O) groups is 1. The molecule has 0 unspecified atom stereocenters. The summed E-state index contributed by atoms with van der Waals surface area (Å²) < 4.78 is 12.3. The van der Waals surface area contributed by atoms with E-state index in [9.17, 15) is 15.0 Å². The van der Waals surface area contributed by atoms with Gasteiger partial charge in [0, 0.05) is 62.6 Å². The lowest BCUT2D eigenvalue weighted by Gasteiger charge is -2.39. The molecule has 3 aliphatic rings. The second-order valence-corrected chi connectivity index (χ2v) is 10.5. The van der Waals surface area contributed by atoms with Crippen molar-refractivity contribution in [3.05, 3.63) is 58.6 Å². The van der Waals surface area contributed by atoms with Gasteiger partial charge in [-0.05, 0) is 36.2 Å². The first-order valence-electron chi connectivity index (χ1n) is 12.4. The fraction of sp³-hybridized carbons (Fsp3) is 0.519. The highest BCUT2D eigenvalue weighted by Crippen LogP contribution is 2.41. The standard InChI is InChI=1S/C27H33ClN2O5/c28-21-5-6-25-20(13-21)15-27(35-25)8-11-29(12-9-27)16-23(32)18-34-24-4-2-1-3-19(24)14-26(33)30-10-7-22(31)17-30/h1-6,13,22-23,31-32H,7-12,14-18H2/t22-,23+/m0/s1. The van der Waals surface area contributed by atoms with Crippen molar-refractivity contribution in [2.45, 2.75) is 49.9 Å². The van der Waals surface area contributed by atoms with Gasteiger partial charge in [0.25, 0.3) is 0 Å². The van der Waals surface area contributed by atoms with Crippen LogP contribution in [-0.2, 0) is 17.6 Å². The number of nitrogens with zero attached hydrogens (tertiary/aromatic N) is 2. The van der Waals surface area contributed by atoms with Gasteiger partial charge in [0.15, 0.2) is 0 Å². The van der Waals surface area contributed by atoms with E-state index in [4.69, 9.17) is 21.1 Å². The van der Waals surface area contributed by atoms with E-state index < -0.39 is 12.2 Å². The third kappa shape index (κ3) is 5.75. The van der Waals surface area contributed by atoms with E-state index in [1.807, 2.05) is 42.5 Å². The highest BCUT2D eigenvalue weighted by Gasteiger charge is 2.42. The smallest absolute Gasteiger partial charge is 0.227 e. The van der Waals surface area contributed by atoms with Crippen LogP contribution in [-0.4, -0.2) is 83.1 Å². The normalized spacial score (nSPS) is 22.1. The number of likely N-dealkylation sites (tertiary alicyclic amines) is 2. The maximum Gasteiger partial charge on any atom is 0.227 e. The first-order valence-corrected chi connectivity index (χ1v) is 12.8. The van der Waals surface area contributed by atoms with Crippen molar-refractivity contribution in [3.63, 3.8) is 0 Å². The van der Waals surface area contributed by atoms with Gasteiger partial charge in [0.2, 0.25) is 5.91 Å². The third-order valence-corrected chi connectivity index (χ3v) is 7.59. The Bertz CT molecular complexity index is 1060. The number of aliphatic hydroxyl groups is 2. The van der Waals surface area contributed by atoms with Gasteiger partial charge in [0.05, 0.1) is 12.5 Å². The average molecular weight is 501 g/mol. The van der Waals surface area contributed by atoms with Gasteiger partial charge in [-0.25, -0.2) is 0 Å². The second-order valence-electron chi connectivity index (χ2n) is 10.0. The monoisotopic (exact) mass is 500 g/mol. The number of hydrogen-bond donors (Lipinski definition) is 2. The zero-order valence-electron chi connectivity index (χ0n) is 19.9. The number of hydrogen-bond acceptors (Lipinski definition) is 6. The predicted octanol–water partition coefficient (Wildman–Crippen LogP) is 2.69. The third-order valence-electron chi connectivity index (χ3n) is 7.36. The summed E-state index contributed by atoms with van der Waals surface area (Å²) in [6.07, 6.45) is 2.48. The topological polar surface area (TPSA) is 82.5 Å². The molecule has 8 heteroatoms. The molecule has 3 aliphatic heterocycles. The number of aliphatic hydroxyl groups excluding tert-OH is 2. The maximum atomic E-state index is 12.6. The summed E-state index contributed by atoms with van der Waals surface area (Å²) in [5.74, 6) is 1.54. The van der Waals surface area contributed by atoms with E-state index in [-0.39, 0.29) is 24.5 Å². The van der Waals surface area contributed by atoms with Gasteiger partial charge >= 0.3 is 0 Å². The summed E-state index contributed by atoms with van der Waals surface area (Å²) >= 11 is 6.14. The molecule has 1 spiro atoms. The van der Waals surface area contributed by atoms with Crippen LogP contribution < -0.4 is 9.47 Å². The first-order chi connectivity index (χ1) is 16.9. The van der Waals surface area contributed by atoms with Gasteiger partial charge < -0.3 is 29.5 Å². The van der Waals surface area contributed by atoms with Crippen molar-refractivity contribution in [1.29, 1.82) is 0 Å². The van der Waals surface area contributed by atoms with Gasteiger partial charge in [0.1, 0.15) is 29.8 Å². The molecule has 5 rings (SSSR count). The van der Waals surface area contributed by atoms with Gasteiger partial charge in [-0.15, -0.1) is 0 Å². The Morgan fingerprint density at radius 2 is 2.00 bits per heavy atom. The van der Waals surface area contributed by atoms with E-state index in [0.717, 1.165) is 48.7 Å². The van der Waals surface area contributed by atoms with Crippen LogP contribution >= 0.6 is 11.6 Å². The Kier molecular flexibility index (Phi) is 7.21. The fourth-order valence-corrected chi connectivity index (χ4v) is 5.59. The van der Waals surface area contributed by atoms with Crippen LogP contribution in [0.1, 0.15) is 30.4 Å². The number of piperidine rings is 1. The summed E-state index contributed by atoms with van der Waals surface area (Å²) in [4.78, 5) is 16.5. The molecule has 2 aromatic rings. The van der Waals surface area contributed by atoms with Crippen molar-refractivity contribution in [3.8, 4) is 11.5 Å². The van der Waals surface area contributed by atoms with Crippen molar-refractivity contribution < 1.29 is 24.5 Å². The number of para-hydroxylation sites is 1. The molecular weight excluding hydrogens is 468 g/mol. The predicted molar refractivity (Wildman–Crippen MR) is 133 cm³/mol. The Hall–Kier alpha value is -2.32. The Morgan fingerprint density at radius 3 is 2.77 bits per heavy atom. The van der Waals surface area contributed by atoms with E-state index in [0.29, 0.717) is 31.8 Å². The van der Waals surface area contributed by atoms with Crippen LogP contribution in [0, 0.1) is 0 Å². The molecule has 1 amide bonds. The van der Waals surface area contributed by atoms with Crippen LogP contribution in [0.2, 0.25) is 5.02 Å². The minimum Gasteiger partial charge on any atom is -0.491 e. The molecule has 2 atom stereocenters. The van der Waals surface area contributed by atoms with Crippen LogP contribution in [0.25, 0.3) is 0 Å². The summed E-state index contributed by atoms with van der Waals surface area (Å²) in [7, 11) is 0. The van der Waals surface area contributed by atoms with Crippen molar-refractivity contribution in [2.24, 2.45) is 0 Å². The molecule has 0 saturated carbocycles. The Morgan fingerprint density at radius 1 is 1.20 bits per heavy atom. The van der Waals surface area contributed by atoms with Crippen molar-refractivity contribution in [1.82, 2.24) is 9.80 Å². The van der Waals surface area contributed by atoms with Crippen LogP contribution in [0.5, 0.6) is 11.5 Å². The highest BCUT2D eigenvalue weighted by atomic mass is 35.5. The molecule has 0 aromatic heterocycles. The van der Waals surface area contributed by atoms with Gasteiger partial charge in [-0.3, -0.25) is 4.79 Å². The largest absolute Gasteiger partial charge is 0.491 e. The molecule has 188 valence electrons. The number of β-amino-alcohol motifs (C(OH)–C–C–N with tert-alkyl or cyclic N) is 2. The average Bonchev–Trinajstić information content (AvgIpc) is 3.43. The van der Waals surface area contributed by atoms with E-state index in [1.54, 1.807) is 4.90 Å². The van der Waals surface area contributed by atoms with Crippen LogP contribution in [0.15, 0.2) is 42.5 Å². The minimum absolute atomic E-state index is 0.0149. The van der Waals surface area contributed by atoms with E-state index in [2.05, 4.69) is 4.90 Å². The molecule has 2 fully saturated rings. The quantitative estimate of drug-likeness (QED) is 0.608. The van der Waals surface area contributed by atoms with Gasteiger partial charge in [-0.2, -0.15) is 0 Å². The molecule has 35 heavy (non-hydrogen) atoms. The molecule has 0 aliphatic carbocycles. The van der Waals surface area contributed by atoms with Gasteiger partial charge in [-0.1, -0.05) is 29.8 Å². The second kappa shape index (κ2) is 10.3. The molecular formula is C27H33ClN2O5. The van der Waals surface area contributed by atoms with Crippen molar-refractivity contribution in [2.75, 3.05) is 39.3 Å². The summed E-state index contributed by atoms with van der Waals surface area (Å²) in [5, 5.41) is 21.1. The lowest BCUT2D eigenvalue weighted by molar-refractivity contribution is -0.129. The number of rotatable bonds is 7. The number of carbonyl (C=O) groups excluding carboxylic acids is 1. The first kappa shape index (κ1) is 24.4. The molecule has 0 bridgehead atoms. The summed E-state index contributed by atoms with van der Waals surface area (Å²) in [6.45, 7) is 3.38. The van der Waals surface area contributed by atoms with Crippen LogP contribution in [0.3, 0.4) is 0 Å². The zero-order chi connectivity index (χ0) is 24.4. The zero-order valence-corrected chi connectivity index (χ0v) is 20.6. The minimum atomic E-state index is -0.637. The summed E-state index contributed by atoms with van der Waals surface area (Å²) in [6, 6.07) is 13.3. The van der Waals surface area contributed by atoms with E-state index >= 15 is 0 Å². The van der Waals surface area contributed by atoms with Crippen molar-refractivity contribution >= 4 is 17.5 Å². The molecule has 7 nitrogen and oxygen atoms in total. The number of amides is 1. The highest BCUT2D eigenvalue weighted by molar-refractivity contribution is 6.30. The number of benzene rings is 2. The van der Waals surface area contributed by atoms with E-state index in [1.165, 1.54) is 5.56 Å². The molecule has 3 heterocycles. The SMILES string of the molecule is O=C(Cc1ccccc1OC[C@H](O)CN1CCC2(CC1)Cc1cc(Cl)ccc1O2)N1CC[C@H](O)C1. The Balaban J connectivity index is 1.09. The molecule has 2 aromatic carbocycles. The lowest BCUT2D eigenvalue weighted by atomic mass is 9.87. The number of halogens is 1. The number of ether oxygens (including phenoxy) is 2. The van der Waals surface area contributed by atoms with Crippen LogP contribution in [0.4, 0.5) is 0 Å². The maximum absolute atomic E-state index is 12.6. The summed E-state index contributed by atoms with van der Waals surface area (Å²) in [5.41, 5.74) is 1.81. The Labute approximate surface area is 211 Å². The molecule has 0 radical (unpaired) electrons. The molecule has 2 N–H and O–H groups in total.